The average Bonchev–Trinajstić information content (AvgIpc) is 3.73. The molecule has 0 amide bonds. The van der Waals surface area contributed by atoms with Crippen LogP contribution in [-0.2, 0) is 16.1 Å². The van der Waals surface area contributed by atoms with Gasteiger partial charge in [-0.2, -0.15) is 4.58 Å². The van der Waals surface area contributed by atoms with Gasteiger partial charge in [0.25, 0.3) is 0 Å². The molecule has 194 valence electrons. The molecule has 0 unspecified atom stereocenters. The van der Waals surface area contributed by atoms with E-state index in [0.29, 0.717) is 17.4 Å². The molecule has 4 nitrogen and oxygen atoms in total. The Labute approximate surface area is 225 Å². The van der Waals surface area contributed by atoms with Gasteiger partial charge in [-0.05, 0) is 56.2 Å². The number of ketones is 2. The maximum Gasteiger partial charge on any atom is 0.213 e. The quantitative estimate of drug-likeness (QED) is 0.160. The zero-order valence-corrected chi connectivity index (χ0v) is 22.6. The minimum absolute atomic E-state index is 0.00580. The number of allylic oxidation sites excluding steroid dienone is 2. The summed E-state index contributed by atoms with van der Waals surface area (Å²) in [6.45, 7) is 6.16. The van der Waals surface area contributed by atoms with E-state index in [1.165, 1.54) is 51.4 Å². The number of aromatic nitrogens is 1. The van der Waals surface area contributed by atoms with Crippen molar-refractivity contribution in [3.8, 4) is 0 Å². The van der Waals surface area contributed by atoms with E-state index in [-0.39, 0.29) is 11.6 Å². The third-order valence-electron chi connectivity index (χ3n) is 9.90. The maximum atomic E-state index is 14.0. The highest BCUT2D eigenvalue weighted by atomic mass is 16.2. The van der Waals surface area contributed by atoms with E-state index in [0.717, 1.165) is 57.8 Å². The molecule has 38 heavy (non-hydrogen) atoms. The fraction of sp³-hybridized carbons (Fsp3) is 0.441. The Kier molecular flexibility index (Phi) is 5.76. The van der Waals surface area contributed by atoms with Crippen LogP contribution >= 0.6 is 0 Å². The first-order chi connectivity index (χ1) is 18.5. The summed E-state index contributed by atoms with van der Waals surface area (Å²) in [6, 6.07) is 16.7. The summed E-state index contributed by atoms with van der Waals surface area (Å²) < 4.78 is 4.76. The number of nitrogens with zero attached hydrogens (tertiary/aromatic N) is 2. The monoisotopic (exact) mass is 505 g/mol. The summed E-state index contributed by atoms with van der Waals surface area (Å²) in [5.41, 5.74) is 7.72. The fourth-order valence-electron chi connectivity index (χ4n) is 7.90. The van der Waals surface area contributed by atoms with E-state index in [9.17, 15) is 9.59 Å². The molecule has 7 rings (SSSR count). The minimum Gasteiger partial charge on any atom is -0.344 e. The number of para-hydroxylation sites is 2. The molecule has 4 aliphatic rings. The van der Waals surface area contributed by atoms with Gasteiger partial charge in [-0.3, -0.25) is 9.59 Å². The number of hydrogen-bond donors (Lipinski definition) is 0. The molecule has 0 N–H and O–H groups in total. The van der Waals surface area contributed by atoms with Crippen LogP contribution in [0, 0.1) is 18.8 Å². The van der Waals surface area contributed by atoms with Crippen molar-refractivity contribution in [2.75, 3.05) is 6.54 Å². The van der Waals surface area contributed by atoms with Crippen LogP contribution in [0.3, 0.4) is 0 Å². The molecule has 0 atom stereocenters. The van der Waals surface area contributed by atoms with Crippen molar-refractivity contribution < 1.29 is 14.2 Å². The number of Topliss-reactive ketones (excluding diaryl/α,β-unsaturated/α-hetero) is 2. The van der Waals surface area contributed by atoms with Gasteiger partial charge in [-0.15, -0.1) is 0 Å². The number of rotatable bonds is 5. The van der Waals surface area contributed by atoms with Crippen LogP contribution < -0.4 is 0 Å². The molecule has 3 aromatic rings. The average molecular weight is 506 g/mol. The van der Waals surface area contributed by atoms with Gasteiger partial charge < -0.3 is 4.57 Å². The molecule has 0 radical (unpaired) electrons. The van der Waals surface area contributed by atoms with Gasteiger partial charge in [-0.1, -0.05) is 56.0 Å². The molecule has 3 aliphatic carbocycles. The third-order valence-corrected chi connectivity index (χ3v) is 9.90. The molecule has 2 heterocycles. The molecule has 0 spiro atoms. The first kappa shape index (κ1) is 23.8. The van der Waals surface area contributed by atoms with E-state index in [2.05, 4.69) is 59.4 Å². The minimum atomic E-state index is -0.684. The summed E-state index contributed by atoms with van der Waals surface area (Å²) in [5, 5.41) is 1.06. The summed E-state index contributed by atoms with van der Waals surface area (Å²) in [7, 11) is 0. The number of hydrogen-bond acceptors (Lipinski definition) is 2. The van der Waals surface area contributed by atoms with E-state index in [1.807, 2.05) is 12.1 Å². The Bertz CT molecular complexity index is 1520. The molecule has 2 aromatic carbocycles. The van der Waals surface area contributed by atoms with Crippen molar-refractivity contribution in [1.82, 2.24) is 4.57 Å². The van der Waals surface area contributed by atoms with Crippen molar-refractivity contribution in [2.24, 2.45) is 11.8 Å². The van der Waals surface area contributed by atoms with Gasteiger partial charge in [0, 0.05) is 42.0 Å². The third kappa shape index (κ3) is 3.52. The lowest BCUT2D eigenvalue weighted by Gasteiger charge is -2.28. The van der Waals surface area contributed by atoms with Gasteiger partial charge >= 0.3 is 0 Å². The van der Waals surface area contributed by atoms with Gasteiger partial charge in [-0.25, -0.2) is 0 Å². The first-order valence-corrected chi connectivity index (χ1v) is 14.7. The Morgan fingerprint density at radius 2 is 1.42 bits per heavy atom. The zero-order chi connectivity index (χ0) is 26.0. The van der Waals surface area contributed by atoms with Crippen LogP contribution in [0.2, 0.25) is 0 Å². The SMILES string of the molecule is CC1=[N+](CC2CCCC2)c2ccccc2C1=C1C(=O)C(c2c(C)n(CC3CCCC3)c3ccccc23)C1=O. The lowest BCUT2D eigenvalue weighted by Crippen LogP contribution is -2.40. The first-order valence-electron chi connectivity index (χ1n) is 14.7. The Morgan fingerprint density at radius 3 is 2.16 bits per heavy atom. The second-order valence-corrected chi connectivity index (χ2v) is 12.1. The Morgan fingerprint density at radius 1 is 0.789 bits per heavy atom. The lowest BCUT2D eigenvalue weighted by molar-refractivity contribution is -0.446. The number of benzene rings is 2. The van der Waals surface area contributed by atoms with Crippen molar-refractivity contribution in [3.05, 3.63) is 70.9 Å². The maximum absolute atomic E-state index is 14.0. The van der Waals surface area contributed by atoms with Crippen molar-refractivity contribution in [1.29, 1.82) is 0 Å². The normalized spacial score (nSPS) is 22.3. The van der Waals surface area contributed by atoms with Crippen LogP contribution in [0.4, 0.5) is 5.69 Å². The molecule has 0 bridgehead atoms. The highest BCUT2D eigenvalue weighted by molar-refractivity contribution is 6.50. The molecular weight excluding hydrogens is 468 g/mol. The molecule has 4 heteroatoms. The number of carbonyl (C=O) groups excluding carboxylic acids is 2. The van der Waals surface area contributed by atoms with E-state index >= 15 is 0 Å². The van der Waals surface area contributed by atoms with Gasteiger partial charge in [0.15, 0.2) is 23.8 Å². The Balaban J connectivity index is 1.30. The number of fused-ring (bicyclic) bond motifs is 2. The van der Waals surface area contributed by atoms with Crippen LogP contribution in [0.15, 0.2) is 54.1 Å². The molecule has 1 aliphatic heterocycles. The zero-order valence-electron chi connectivity index (χ0n) is 22.6. The fourth-order valence-corrected chi connectivity index (χ4v) is 7.90. The predicted octanol–water partition coefficient (Wildman–Crippen LogP) is 7.14. The number of carbonyl (C=O) groups is 2. The van der Waals surface area contributed by atoms with Gasteiger partial charge in [0.2, 0.25) is 5.69 Å². The van der Waals surface area contributed by atoms with Crippen LogP contribution in [0.25, 0.3) is 16.5 Å². The summed E-state index contributed by atoms with van der Waals surface area (Å²) in [5.74, 6) is 0.663. The van der Waals surface area contributed by atoms with Crippen LogP contribution in [0.5, 0.6) is 0 Å². The molecule has 3 saturated carbocycles. The topological polar surface area (TPSA) is 42.1 Å². The highest BCUT2D eigenvalue weighted by Gasteiger charge is 2.51. The standard InChI is InChI=1S/C34H37N2O2/c1-21-29(25-15-7-9-17-27(25)35(21)19-23-11-3-4-12-23)31-33(37)32(34(31)38)30-22(2)36(20-24-13-5-6-14-24)28-18-10-8-16-26(28)30/h7-10,15-18,23-24,31H,3-6,11-14,19-20H2,1-2H3/q+1. The van der Waals surface area contributed by atoms with Gasteiger partial charge in [0.1, 0.15) is 5.92 Å². The van der Waals surface area contributed by atoms with E-state index in [4.69, 9.17) is 0 Å². The predicted molar refractivity (Wildman–Crippen MR) is 152 cm³/mol. The van der Waals surface area contributed by atoms with Crippen molar-refractivity contribution in [3.63, 3.8) is 0 Å². The molecule has 3 fully saturated rings. The summed E-state index contributed by atoms with van der Waals surface area (Å²) >= 11 is 0. The second kappa shape index (κ2) is 9.18. The molecular formula is C34H37N2O2+. The second-order valence-electron chi connectivity index (χ2n) is 12.1. The largest absolute Gasteiger partial charge is 0.344 e. The summed E-state index contributed by atoms with van der Waals surface area (Å²) in [4.78, 5) is 28.0. The van der Waals surface area contributed by atoms with Crippen molar-refractivity contribution >= 4 is 39.4 Å². The molecule has 0 saturated heterocycles. The van der Waals surface area contributed by atoms with E-state index < -0.39 is 5.92 Å². The summed E-state index contributed by atoms with van der Waals surface area (Å²) in [6.07, 6.45) is 10.3. The smallest absolute Gasteiger partial charge is 0.213 e. The highest BCUT2D eigenvalue weighted by Crippen LogP contribution is 2.47. The van der Waals surface area contributed by atoms with Crippen molar-refractivity contribution in [2.45, 2.75) is 77.7 Å². The lowest BCUT2D eigenvalue weighted by atomic mass is 9.69. The van der Waals surface area contributed by atoms with E-state index in [1.54, 1.807) is 0 Å². The molecule has 1 aromatic heterocycles. The van der Waals surface area contributed by atoms with Gasteiger partial charge in [0.05, 0.1) is 16.7 Å². The van der Waals surface area contributed by atoms with Crippen LogP contribution in [-0.4, -0.2) is 33.0 Å². The Hall–Kier alpha value is -3.27. The van der Waals surface area contributed by atoms with Crippen LogP contribution in [0.1, 0.15) is 81.0 Å².